The fourth-order valence-corrected chi connectivity index (χ4v) is 1.89. The van der Waals surface area contributed by atoms with E-state index in [0.717, 1.165) is 0 Å². The molecule has 19 heavy (non-hydrogen) atoms. The molecule has 6 heteroatoms. The molecular formula is C13H10FN3O2. The maximum absolute atomic E-state index is 13.3. The number of methoxy groups -OCH3 is 1. The molecule has 0 bridgehead atoms. The summed E-state index contributed by atoms with van der Waals surface area (Å²) in [4.78, 5) is 21.6. The van der Waals surface area contributed by atoms with Gasteiger partial charge in [-0.3, -0.25) is 4.79 Å². The van der Waals surface area contributed by atoms with Gasteiger partial charge < -0.3 is 14.7 Å². The van der Waals surface area contributed by atoms with E-state index in [2.05, 4.69) is 15.0 Å². The molecule has 0 saturated carbocycles. The summed E-state index contributed by atoms with van der Waals surface area (Å²) in [5.41, 5.74) is 0.818. The lowest BCUT2D eigenvalue weighted by molar-refractivity contribution is 0.387. The first kappa shape index (κ1) is 11.5. The zero-order valence-corrected chi connectivity index (χ0v) is 10.0. The molecule has 0 saturated heterocycles. The van der Waals surface area contributed by atoms with Gasteiger partial charge in [-0.25, -0.2) is 9.37 Å². The van der Waals surface area contributed by atoms with Crippen molar-refractivity contribution >= 4 is 11.0 Å². The summed E-state index contributed by atoms with van der Waals surface area (Å²) < 4.78 is 18.3. The number of benzene rings is 1. The van der Waals surface area contributed by atoms with Crippen LogP contribution in [0, 0.1) is 5.82 Å². The summed E-state index contributed by atoms with van der Waals surface area (Å²) in [6.45, 7) is 0. The molecule has 1 aromatic carbocycles. The van der Waals surface area contributed by atoms with Gasteiger partial charge in [-0.15, -0.1) is 0 Å². The molecule has 96 valence electrons. The first-order valence-electron chi connectivity index (χ1n) is 5.60. The molecule has 0 atom stereocenters. The number of H-pyrrole nitrogens is 2. The van der Waals surface area contributed by atoms with Gasteiger partial charge in [0.15, 0.2) is 11.6 Å². The molecule has 3 rings (SSSR count). The van der Waals surface area contributed by atoms with Crippen LogP contribution in [0.4, 0.5) is 4.39 Å². The van der Waals surface area contributed by atoms with Crippen LogP contribution in [-0.2, 0) is 0 Å². The van der Waals surface area contributed by atoms with Crippen LogP contribution in [-0.4, -0.2) is 22.1 Å². The number of hydrogen-bond donors (Lipinski definition) is 2. The summed E-state index contributed by atoms with van der Waals surface area (Å²) in [5, 5.41) is 0.484. The number of hydrogen-bond acceptors (Lipinski definition) is 3. The normalized spacial score (nSPS) is 10.8. The van der Waals surface area contributed by atoms with E-state index in [1.165, 1.54) is 25.3 Å². The average Bonchev–Trinajstić information content (AvgIpc) is 2.88. The van der Waals surface area contributed by atoms with Gasteiger partial charge in [-0.2, -0.15) is 0 Å². The smallest absolute Gasteiger partial charge is 0.260 e. The number of aromatic amines is 2. The monoisotopic (exact) mass is 259 g/mol. The van der Waals surface area contributed by atoms with Crippen molar-refractivity contribution in [1.82, 2.24) is 15.0 Å². The third kappa shape index (κ3) is 1.87. The summed E-state index contributed by atoms with van der Waals surface area (Å²) in [5.74, 6) is -0.000435. The molecular weight excluding hydrogens is 249 g/mol. The molecule has 0 aliphatic carbocycles. The van der Waals surface area contributed by atoms with Gasteiger partial charge in [0.05, 0.1) is 12.5 Å². The molecule has 2 heterocycles. The number of ether oxygens (including phenoxy) is 1. The van der Waals surface area contributed by atoms with E-state index in [4.69, 9.17) is 4.74 Å². The van der Waals surface area contributed by atoms with E-state index >= 15 is 0 Å². The Bertz CT molecular complexity index is 807. The molecule has 2 aromatic heterocycles. The average molecular weight is 259 g/mol. The largest absolute Gasteiger partial charge is 0.494 e. The molecule has 0 fully saturated rings. The predicted molar refractivity (Wildman–Crippen MR) is 68.7 cm³/mol. The molecule has 0 aliphatic heterocycles. The number of nitrogens with zero attached hydrogens (tertiary/aromatic N) is 1. The van der Waals surface area contributed by atoms with Crippen LogP contribution in [0.1, 0.15) is 0 Å². The van der Waals surface area contributed by atoms with Crippen molar-refractivity contribution in [3.05, 3.63) is 46.6 Å². The lowest BCUT2D eigenvalue weighted by Crippen LogP contribution is -2.08. The standard InChI is InChI=1S/C13H10FN3O2/c1-19-10-6-7(2-3-9(10)14)11-16-12-8(4-5-15-12)13(18)17-11/h2-6H,1H3,(H2,15,16,17,18). The van der Waals surface area contributed by atoms with Crippen molar-refractivity contribution in [3.63, 3.8) is 0 Å². The summed E-state index contributed by atoms with van der Waals surface area (Å²) in [6, 6.07) is 5.94. The van der Waals surface area contributed by atoms with Gasteiger partial charge in [0.2, 0.25) is 0 Å². The highest BCUT2D eigenvalue weighted by Gasteiger charge is 2.09. The lowest BCUT2D eigenvalue weighted by atomic mass is 10.2. The number of nitrogens with one attached hydrogen (secondary N) is 2. The van der Waals surface area contributed by atoms with Crippen LogP contribution in [0.25, 0.3) is 22.4 Å². The van der Waals surface area contributed by atoms with Crippen LogP contribution in [0.5, 0.6) is 5.75 Å². The third-order valence-corrected chi connectivity index (χ3v) is 2.85. The molecule has 0 radical (unpaired) electrons. The van der Waals surface area contributed by atoms with Crippen LogP contribution >= 0.6 is 0 Å². The Labute approximate surface area is 107 Å². The van der Waals surface area contributed by atoms with E-state index in [9.17, 15) is 9.18 Å². The molecule has 2 N–H and O–H groups in total. The summed E-state index contributed by atoms with van der Waals surface area (Å²) in [6.07, 6.45) is 1.64. The number of fused-ring (bicyclic) bond motifs is 1. The van der Waals surface area contributed by atoms with Crippen molar-refractivity contribution in [3.8, 4) is 17.1 Å². The molecule has 0 unspecified atom stereocenters. The van der Waals surface area contributed by atoms with E-state index in [-0.39, 0.29) is 11.3 Å². The van der Waals surface area contributed by atoms with Gasteiger partial charge in [0.25, 0.3) is 5.56 Å². The number of halogens is 1. The first-order valence-corrected chi connectivity index (χ1v) is 5.60. The van der Waals surface area contributed by atoms with Crippen molar-refractivity contribution in [1.29, 1.82) is 0 Å². The SMILES string of the molecule is COc1cc(-c2nc3[nH]ccc3c(=O)[nH]2)ccc1F. The second-order valence-electron chi connectivity index (χ2n) is 4.00. The van der Waals surface area contributed by atoms with Gasteiger partial charge in [0, 0.05) is 11.8 Å². The minimum absolute atomic E-state index is 0.103. The highest BCUT2D eigenvalue weighted by Crippen LogP contribution is 2.24. The maximum atomic E-state index is 13.3. The second-order valence-corrected chi connectivity index (χ2v) is 4.00. The van der Waals surface area contributed by atoms with Crippen molar-refractivity contribution in [2.24, 2.45) is 0 Å². The molecule has 0 amide bonds. The van der Waals surface area contributed by atoms with Crippen LogP contribution in [0.15, 0.2) is 35.3 Å². The highest BCUT2D eigenvalue weighted by molar-refractivity contribution is 5.76. The Morgan fingerprint density at radius 2 is 2.16 bits per heavy atom. The Balaban J connectivity index is 2.21. The van der Waals surface area contributed by atoms with E-state index in [1.54, 1.807) is 12.3 Å². The zero-order chi connectivity index (χ0) is 13.4. The zero-order valence-electron chi connectivity index (χ0n) is 10.0. The van der Waals surface area contributed by atoms with Crippen LogP contribution in [0.3, 0.4) is 0 Å². The highest BCUT2D eigenvalue weighted by atomic mass is 19.1. The van der Waals surface area contributed by atoms with Crippen molar-refractivity contribution in [2.75, 3.05) is 7.11 Å². The Morgan fingerprint density at radius 1 is 1.32 bits per heavy atom. The Hall–Kier alpha value is -2.63. The van der Waals surface area contributed by atoms with Crippen LogP contribution in [0.2, 0.25) is 0 Å². The van der Waals surface area contributed by atoms with E-state index < -0.39 is 5.82 Å². The number of aromatic nitrogens is 3. The Morgan fingerprint density at radius 3 is 2.95 bits per heavy atom. The van der Waals surface area contributed by atoms with Crippen LogP contribution < -0.4 is 10.3 Å². The summed E-state index contributed by atoms with van der Waals surface area (Å²) in [7, 11) is 1.38. The maximum Gasteiger partial charge on any atom is 0.260 e. The van der Waals surface area contributed by atoms with Gasteiger partial charge >= 0.3 is 0 Å². The minimum Gasteiger partial charge on any atom is -0.494 e. The van der Waals surface area contributed by atoms with Crippen molar-refractivity contribution < 1.29 is 9.13 Å². The molecule has 5 nitrogen and oxygen atoms in total. The summed E-state index contributed by atoms with van der Waals surface area (Å²) >= 11 is 0. The molecule has 0 aliphatic rings. The minimum atomic E-state index is -0.463. The molecule has 3 aromatic rings. The fraction of sp³-hybridized carbons (Fsp3) is 0.0769. The van der Waals surface area contributed by atoms with Gasteiger partial charge in [-0.05, 0) is 24.3 Å². The van der Waals surface area contributed by atoms with Crippen molar-refractivity contribution in [2.45, 2.75) is 0 Å². The topological polar surface area (TPSA) is 70.8 Å². The third-order valence-electron chi connectivity index (χ3n) is 2.85. The Kier molecular flexibility index (Phi) is 2.56. The fourth-order valence-electron chi connectivity index (χ4n) is 1.89. The lowest BCUT2D eigenvalue weighted by Gasteiger charge is -2.05. The molecule has 0 spiro atoms. The first-order chi connectivity index (χ1) is 9.19. The van der Waals surface area contributed by atoms with Gasteiger partial charge in [-0.1, -0.05) is 0 Å². The van der Waals surface area contributed by atoms with Gasteiger partial charge in [0.1, 0.15) is 11.5 Å². The van der Waals surface area contributed by atoms with E-state index in [0.29, 0.717) is 22.4 Å². The van der Waals surface area contributed by atoms with E-state index in [1.807, 2.05) is 0 Å². The number of rotatable bonds is 2. The quantitative estimate of drug-likeness (QED) is 0.740. The second kappa shape index (κ2) is 4.24. The predicted octanol–water partition coefficient (Wildman–Crippen LogP) is 2.07.